The molecular weight excluding hydrogens is 191 g/mol. The molecule has 0 bridgehead atoms. The van der Waals surface area contributed by atoms with E-state index in [-0.39, 0.29) is 37.4 Å². The van der Waals surface area contributed by atoms with E-state index >= 15 is 0 Å². The van der Waals surface area contributed by atoms with Crippen LogP contribution >= 0.6 is 0 Å². The van der Waals surface area contributed by atoms with Crippen molar-refractivity contribution in [2.75, 3.05) is 5.75 Å². The molecule has 12 heavy (non-hydrogen) atoms. The molecule has 0 aliphatic carbocycles. The fraction of sp³-hybridized carbons (Fsp3) is 0.500. The standard InChI is InChI=1S/C6H8O4S.Na.H/c1-2-3-6(7)4-5-11(8,9)10;;/h4-5H2,1H3,(H,8,9,10);;/q;+1;-1. The number of rotatable bonds is 3. The molecule has 4 nitrogen and oxygen atoms in total. The molecule has 0 saturated heterocycles. The van der Waals surface area contributed by atoms with Crippen molar-refractivity contribution in [1.82, 2.24) is 0 Å². The van der Waals surface area contributed by atoms with Crippen LogP contribution in [0.4, 0.5) is 0 Å². The van der Waals surface area contributed by atoms with E-state index in [0.717, 1.165) is 0 Å². The Balaban J connectivity index is -0.000000500. The van der Waals surface area contributed by atoms with E-state index in [2.05, 4.69) is 11.8 Å². The molecule has 6 heteroatoms. The number of hydrogen-bond donors (Lipinski definition) is 1. The third-order valence-electron chi connectivity index (χ3n) is 0.851. The van der Waals surface area contributed by atoms with Gasteiger partial charge in [-0.15, -0.1) is 0 Å². The Bertz CT molecular complexity index is 300. The van der Waals surface area contributed by atoms with Gasteiger partial charge in [0.05, 0.1) is 5.75 Å². The number of Topliss-reactive ketones (excluding diaryl/α,β-unsaturated/α-hetero) is 1. The molecule has 0 atom stereocenters. The number of carbonyl (C=O) groups excluding carboxylic acids is 1. The first-order valence-corrected chi connectivity index (χ1v) is 4.47. The van der Waals surface area contributed by atoms with Crippen molar-refractivity contribution in [3.05, 3.63) is 0 Å². The van der Waals surface area contributed by atoms with Crippen LogP contribution in [0.25, 0.3) is 0 Å². The van der Waals surface area contributed by atoms with Crippen LogP contribution in [0.2, 0.25) is 0 Å². The van der Waals surface area contributed by atoms with Crippen LogP contribution < -0.4 is 29.6 Å². The summed E-state index contributed by atoms with van der Waals surface area (Å²) in [6, 6.07) is 0. The van der Waals surface area contributed by atoms with Crippen molar-refractivity contribution < 1.29 is 48.7 Å². The average Bonchev–Trinajstić information content (AvgIpc) is 1.83. The maximum absolute atomic E-state index is 10.5. The van der Waals surface area contributed by atoms with E-state index in [1.807, 2.05) is 0 Å². The number of carbonyl (C=O) groups is 1. The second kappa shape index (κ2) is 6.63. The first-order valence-electron chi connectivity index (χ1n) is 2.86. The molecule has 0 amide bonds. The van der Waals surface area contributed by atoms with E-state index in [0.29, 0.717) is 0 Å². The Morgan fingerprint density at radius 3 is 2.42 bits per heavy atom. The summed E-state index contributed by atoms with van der Waals surface area (Å²) in [6.45, 7) is 1.48. The Hall–Kier alpha value is 0.140. The van der Waals surface area contributed by atoms with Crippen LogP contribution in [-0.2, 0) is 14.9 Å². The number of ketones is 1. The minimum Gasteiger partial charge on any atom is -1.00 e. The Kier molecular flexibility index (Phi) is 8.10. The summed E-state index contributed by atoms with van der Waals surface area (Å²) in [5.74, 6) is 3.44. The van der Waals surface area contributed by atoms with Gasteiger partial charge in [0.15, 0.2) is 0 Å². The van der Waals surface area contributed by atoms with Gasteiger partial charge in [-0.1, -0.05) is 5.92 Å². The molecule has 0 saturated carbocycles. The quantitative estimate of drug-likeness (QED) is 0.228. The predicted molar refractivity (Wildman–Crippen MR) is 40.6 cm³/mol. The normalized spacial score (nSPS) is 9.17. The molecule has 64 valence electrons. The second-order valence-corrected chi connectivity index (χ2v) is 3.41. The van der Waals surface area contributed by atoms with Crippen molar-refractivity contribution in [2.24, 2.45) is 0 Å². The molecule has 0 heterocycles. The molecule has 0 aliphatic rings. The summed E-state index contributed by atoms with van der Waals surface area (Å²) in [5, 5.41) is 0. The molecule has 0 radical (unpaired) electrons. The monoisotopic (exact) mass is 200 g/mol. The van der Waals surface area contributed by atoms with Crippen molar-refractivity contribution >= 4 is 15.9 Å². The fourth-order valence-electron chi connectivity index (χ4n) is 0.424. The molecule has 0 unspecified atom stereocenters. The van der Waals surface area contributed by atoms with Crippen LogP contribution in [-0.4, -0.2) is 24.5 Å². The van der Waals surface area contributed by atoms with Gasteiger partial charge in [-0.3, -0.25) is 9.35 Å². The zero-order chi connectivity index (χ0) is 8.91. The Morgan fingerprint density at radius 2 is 2.08 bits per heavy atom. The second-order valence-electron chi connectivity index (χ2n) is 1.83. The van der Waals surface area contributed by atoms with Gasteiger partial charge in [0.1, 0.15) is 0 Å². The SMILES string of the molecule is CC#CC(=O)CCS(=O)(=O)O.[H-].[Na+]. The molecule has 0 aromatic rings. The molecule has 0 fully saturated rings. The fourth-order valence-corrected chi connectivity index (χ4v) is 0.867. The summed E-state index contributed by atoms with van der Waals surface area (Å²) >= 11 is 0. The zero-order valence-corrected chi connectivity index (χ0v) is 9.81. The van der Waals surface area contributed by atoms with Gasteiger partial charge in [0.2, 0.25) is 5.78 Å². The van der Waals surface area contributed by atoms with Crippen molar-refractivity contribution in [1.29, 1.82) is 0 Å². The van der Waals surface area contributed by atoms with E-state index in [4.69, 9.17) is 4.55 Å². The van der Waals surface area contributed by atoms with Gasteiger partial charge in [0, 0.05) is 6.42 Å². The van der Waals surface area contributed by atoms with Gasteiger partial charge in [-0.05, 0) is 12.8 Å². The van der Waals surface area contributed by atoms with Gasteiger partial charge in [-0.25, -0.2) is 0 Å². The molecular formula is C6H9NaO4S. The number of hydrogen-bond acceptors (Lipinski definition) is 3. The summed E-state index contributed by atoms with van der Waals surface area (Å²) in [4.78, 5) is 10.5. The summed E-state index contributed by atoms with van der Waals surface area (Å²) < 4.78 is 28.4. The molecule has 0 spiro atoms. The first kappa shape index (κ1) is 14.7. The largest absolute Gasteiger partial charge is 1.00 e. The van der Waals surface area contributed by atoms with E-state index in [1.165, 1.54) is 6.92 Å². The third kappa shape index (κ3) is 10.1. The average molecular weight is 200 g/mol. The van der Waals surface area contributed by atoms with Crippen molar-refractivity contribution in [3.8, 4) is 11.8 Å². The van der Waals surface area contributed by atoms with Crippen LogP contribution in [0.1, 0.15) is 14.8 Å². The molecule has 0 aliphatic heterocycles. The topological polar surface area (TPSA) is 71.4 Å². The predicted octanol–water partition coefficient (Wildman–Crippen LogP) is -3.03. The van der Waals surface area contributed by atoms with Gasteiger partial charge in [-0.2, -0.15) is 8.42 Å². The smallest absolute Gasteiger partial charge is 1.00 e. The minimum absolute atomic E-state index is 0. The van der Waals surface area contributed by atoms with Crippen LogP contribution in [0.5, 0.6) is 0 Å². The Labute approximate surface area is 95.3 Å². The summed E-state index contributed by atoms with van der Waals surface area (Å²) in [7, 11) is -4.03. The van der Waals surface area contributed by atoms with Gasteiger partial charge < -0.3 is 1.43 Å². The van der Waals surface area contributed by atoms with E-state index in [9.17, 15) is 13.2 Å². The van der Waals surface area contributed by atoms with Crippen molar-refractivity contribution in [3.63, 3.8) is 0 Å². The maximum Gasteiger partial charge on any atom is 1.00 e. The minimum atomic E-state index is -4.03. The zero-order valence-electron chi connectivity index (χ0n) is 7.99. The van der Waals surface area contributed by atoms with Crippen LogP contribution in [0.3, 0.4) is 0 Å². The maximum atomic E-state index is 10.5. The molecule has 1 N–H and O–H groups in total. The molecule has 0 aromatic heterocycles. The van der Waals surface area contributed by atoms with Crippen LogP contribution in [0, 0.1) is 11.8 Å². The van der Waals surface area contributed by atoms with Gasteiger partial charge in [0.25, 0.3) is 10.1 Å². The molecule has 0 aromatic carbocycles. The summed E-state index contributed by atoms with van der Waals surface area (Å²) in [5.41, 5.74) is 0. The summed E-state index contributed by atoms with van der Waals surface area (Å²) in [6.07, 6.45) is -0.250. The van der Waals surface area contributed by atoms with E-state index in [1.54, 1.807) is 0 Å². The molecule has 0 rings (SSSR count). The van der Waals surface area contributed by atoms with Crippen LogP contribution in [0.15, 0.2) is 0 Å². The van der Waals surface area contributed by atoms with Crippen molar-refractivity contribution in [2.45, 2.75) is 13.3 Å². The first-order chi connectivity index (χ1) is 4.95. The third-order valence-corrected chi connectivity index (χ3v) is 1.57. The van der Waals surface area contributed by atoms with Gasteiger partial charge >= 0.3 is 29.6 Å². The Morgan fingerprint density at radius 1 is 1.58 bits per heavy atom. The van der Waals surface area contributed by atoms with E-state index < -0.39 is 21.7 Å².